The minimum Gasteiger partial charge on any atom is -0.341 e. The van der Waals surface area contributed by atoms with Gasteiger partial charge >= 0.3 is 0 Å². The zero-order chi connectivity index (χ0) is 9.42. The number of hydrogen-bond acceptors (Lipinski definition) is 1. The monoisotopic (exact) mass is 294 g/mol. The van der Waals surface area contributed by atoms with Gasteiger partial charge in [-0.1, -0.05) is 15.9 Å². The molecule has 0 saturated carbocycles. The fourth-order valence-electron chi connectivity index (χ4n) is 1.36. The minimum atomic E-state index is 0. The van der Waals surface area contributed by atoms with Crippen molar-refractivity contribution in [3.8, 4) is 0 Å². The largest absolute Gasteiger partial charge is 0.341 e. The van der Waals surface area contributed by atoms with Gasteiger partial charge in [0.2, 0.25) is 0 Å². The number of aromatic amines is 1. The number of nitrogens with zero attached hydrogens (tertiary/aromatic N) is 1. The molecular formula is C9H9BrCl2N2. The minimum absolute atomic E-state index is 0. The van der Waals surface area contributed by atoms with E-state index in [0.717, 1.165) is 26.9 Å². The second kappa shape index (κ2) is 4.51. The number of hydrogen-bond donors (Lipinski definition) is 1. The fourth-order valence-corrected chi connectivity index (χ4v) is 2.06. The van der Waals surface area contributed by atoms with Gasteiger partial charge in [0, 0.05) is 4.47 Å². The van der Waals surface area contributed by atoms with Crippen LogP contribution in [0.5, 0.6) is 0 Å². The van der Waals surface area contributed by atoms with Gasteiger partial charge in [0.05, 0.1) is 16.9 Å². The molecule has 1 aromatic carbocycles. The molecule has 0 aliphatic carbocycles. The van der Waals surface area contributed by atoms with E-state index in [1.807, 2.05) is 19.1 Å². The SMILES string of the molecule is Cc1cc(Br)cc2[nH]c(CCl)nc12.Cl. The van der Waals surface area contributed by atoms with Gasteiger partial charge in [0.25, 0.3) is 0 Å². The number of imidazole rings is 1. The predicted octanol–water partition coefficient (Wildman–Crippen LogP) is 3.79. The Morgan fingerprint density at radius 2 is 2.21 bits per heavy atom. The van der Waals surface area contributed by atoms with Crippen molar-refractivity contribution in [2.24, 2.45) is 0 Å². The molecule has 0 radical (unpaired) electrons. The van der Waals surface area contributed by atoms with Crippen LogP contribution in [0.1, 0.15) is 11.4 Å². The molecule has 0 aliphatic rings. The highest BCUT2D eigenvalue weighted by Gasteiger charge is 2.04. The molecule has 0 atom stereocenters. The Morgan fingerprint density at radius 3 is 2.86 bits per heavy atom. The van der Waals surface area contributed by atoms with E-state index in [0.29, 0.717) is 5.88 Å². The molecule has 0 aliphatic heterocycles. The van der Waals surface area contributed by atoms with Crippen molar-refractivity contribution in [1.82, 2.24) is 9.97 Å². The topological polar surface area (TPSA) is 28.7 Å². The van der Waals surface area contributed by atoms with Crippen LogP contribution in [0.15, 0.2) is 16.6 Å². The summed E-state index contributed by atoms with van der Waals surface area (Å²) in [6.07, 6.45) is 0. The average Bonchev–Trinajstić information content (AvgIpc) is 2.47. The molecule has 0 saturated heterocycles. The standard InChI is InChI=1S/C9H8BrClN2.ClH/c1-5-2-6(10)3-7-9(5)13-8(4-11)12-7;/h2-3H,4H2,1H3,(H,12,13);1H. The Bertz CT molecular complexity index is 453. The van der Waals surface area contributed by atoms with E-state index in [-0.39, 0.29) is 12.4 Å². The number of aryl methyl sites for hydroxylation is 1. The summed E-state index contributed by atoms with van der Waals surface area (Å²) in [7, 11) is 0. The molecule has 2 aromatic rings. The van der Waals surface area contributed by atoms with E-state index >= 15 is 0 Å². The first kappa shape index (κ1) is 11.8. The zero-order valence-corrected chi connectivity index (χ0v) is 10.6. The Balaban J connectivity index is 0.000000980. The summed E-state index contributed by atoms with van der Waals surface area (Å²) in [4.78, 5) is 7.52. The van der Waals surface area contributed by atoms with Crippen molar-refractivity contribution in [3.63, 3.8) is 0 Å². The summed E-state index contributed by atoms with van der Waals surface area (Å²) in [6, 6.07) is 4.05. The zero-order valence-electron chi connectivity index (χ0n) is 7.47. The lowest BCUT2D eigenvalue weighted by molar-refractivity contribution is 1.13. The maximum absolute atomic E-state index is 5.69. The molecule has 0 spiro atoms. The van der Waals surface area contributed by atoms with E-state index in [1.165, 1.54) is 0 Å². The van der Waals surface area contributed by atoms with E-state index in [9.17, 15) is 0 Å². The smallest absolute Gasteiger partial charge is 0.122 e. The molecule has 0 fully saturated rings. The van der Waals surface area contributed by atoms with Gasteiger partial charge < -0.3 is 4.98 Å². The lowest BCUT2D eigenvalue weighted by Crippen LogP contribution is -1.78. The molecule has 1 N–H and O–H groups in total. The second-order valence-corrected chi connectivity index (χ2v) is 4.12. The highest BCUT2D eigenvalue weighted by atomic mass is 79.9. The lowest BCUT2D eigenvalue weighted by atomic mass is 10.2. The van der Waals surface area contributed by atoms with Gasteiger partial charge in [0.1, 0.15) is 5.82 Å². The van der Waals surface area contributed by atoms with Crippen LogP contribution in [0.4, 0.5) is 0 Å². The molecular weight excluding hydrogens is 287 g/mol. The molecule has 0 unspecified atom stereocenters. The number of benzene rings is 1. The fraction of sp³-hybridized carbons (Fsp3) is 0.222. The first-order valence-corrected chi connectivity index (χ1v) is 5.24. The number of aromatic nitrogens is 2. The van der Waals surface area contributed by atoms with Crippen LogP contribution in [0.3, 0.4) is 0 Å². The summed E-state index contributed by atoms with van der Waals surface area (Å²) in [5.41, 5.74) is 3.18. The highest BCUT2D eigenvalue weighted by molar-refractivity contribution is 9.10. The Labute approximate surface area is 102 Å². The van der Waals surface area contributed by atoms with Crippen molar-refractivity contribution in [1.29, 1.82) is 0 Å². The summed E-state index contributed by atoms with van der Waals surface area (Å²) < 4.78 is 1.06. The molecule has 76 valence electrons. The number of nitrogens with one attached hydrogen (secondary N) is 1. The van der Waals surface area contributed by atoms with E-state index in [2.05, 4.69) is 25.9 Å². The molecule has 0 amide bonds. The number of H-pyrrole nitrogens is 1. The third-order valence-corrected chi connectivity index (χ3v) is 2.63. The Kier molecular flexibility index (Phi) is 3.81. The van der Waals surface area contributed by atoms with E-state index in [4.69, 9.17) is 11.6 Å². The van der Waals surface area contributed by atoms with Gasteiger partial charge in [0.15, 0.2) is 0 Å². The summed E-state index contributed by atoms with van der Waals surface area (Å²) in [6.45, 7) is 2.03. The average molecular weight is 296 g/mol. The number of fused-ring (bicyclic) bond motifs is 1. The quantitative estimate of drug-likeness (QED) is 0.797. The third kappa shape index (κ3) is 2.05. The third-order valence-electron chi connectivity index (χ3n) is 1.92. The van der Waals surface area contributed by atoms with Crippen LogP contribution >= 0.6 is 39.9 Å². The molecule has 0 bridgehead atoms. The van der Waals surface area contributed by atoms with Crippen molar-refractivity contribution in [2.45, 2.75) is 12.8 Å². The maximum Gasteiger partial charge on any atom is 0.122 e. The summed E-state index contributed by atoms with van der Waals surface area (Å²) in [5, 5.41) is 0. The van der Waals surface area contributed by atoms with Gasteiger partial charge in [-0.2, -0.15) is 0 Å². The first-order valence-electron chi connectivity index (χ1n) is 3.91. The highest BCUT2D eigenvalue weighted by Crippen LogP contribution is 2.22. The van der Waals surface area contributed by atoms with Gasteiger partial charge in [-0.05, 0) is 24.6 Å². The molecule has 1 aromatic heterocycles. The maximum atomic E-state index is 5.69. The van der Waals surface area contributed by atoms with Crippen molar-refractivity contribution in [3.05, 3.63) is 28.0 Å². The molecule has 14 heavy (non-hydrogen) atoms. The van der Waals surface area contributed by atoms with E-state index in [1.54, 1.807) is 0 Å². The van der Waals surface area contributed by atoms with Crippen molar-refractivity contribution >= 4 is 51.0 Å². The predicted molar refractivity (Wildman–Crippen MR) is 65.3 cm³/mol. The normalized spacial score (nSPS) is 10.2. The van der Waals surface area contributed by atoms with Gasteiger partial charge in [-0.3, -0.25) is 0 Å². The van der Waals surface area contributed by atoms with Gasteiger partial charge in [-0.25, -0.2) is 4.98 Å². The molecule has 2 nitrogen and oxygen atoms in total. The number of alkyl halides is 1. The molecule has 1 heterocycles. The second-order valence-electron chi connectivity index (χ2n) is 2.94. The van der Waals surface area contributed by atoms with Crippen LogP contribution in [0.25, 0.3) is 11.0 Å². The van der Waals surface area contributed by atoms with Crippen LogP contribution in [-0.4, -0.2) is 9.97 Å². The Hall–Kier alpha value is -0.250. The van der Waals surface area contributed by atoms with Crippen LogP contribution in [0.2, 0.25) is 0 Å². The first-order chi connectivity index (χ1) is 6.20. The number of halogens is 3. The van der Waals surface area contributed by atoms with Crippen LogP contribution < -0.4 is 0 Å². The van der Waals surface area contributed by atoms with Crippen LogP contribution in [-0.2, 0) is 5.88 Å². The molecule has 2 rings (SSSR count). The Morgan fingerprint density at radius 1 is 1.50 bits per heavy atom. The summed E-state index contributed by atoms with van der Waals surface area (Å²) >= 11 is 9.12. The molecule has 5 heteroatoms. The lowest BCUT2D eigenvalue weighted by Gasteiger charge is -1.94. The van der Waals surface area contributed by atoms with Crippen molar-refractivity contribution in [2.75, 3.05) is 0 Å². The summed E-state index contributed by atoms with van der Waals surface area (Å²) in [5.74, 6) is 1.24. The van der Waals surface area contributed by atoms with Crippen LogP contribution in [0, 0.1) is 6.92 Å². The van der Waals surface area contributed by atoms with Gasteiger partial charge in [-0.15, -0.1) is 24.0 Å². The van der Waals surface area contributed by atoms with Crippen molar-refractivity contribution < 1.29 is 0 Å². The number of rotatable bonds is 1. The van der Waals surface area contributed by atoms with E-state index < -0.39 is 0 Å².